The summed E-state index contributed by atoms with van der Waals surface area (Å²) in [5.41, 5.74) is 6.18. The summed E-state index contributed by atoms with van der Waals surface area (Å²) in [5, 5.41) is 0.640. The molecule has 0 spiro atoms. The third-order valence-corrected chi connectivity index (χ3v) is 2.45. The Morgan fingerprint density at radius 2 is 2.07 bits per heavy atom. The van der Waals surface area contributed by atoms with E-state index in [0.717, 1.165) is 6.42 Å². The Labute approximate surface area is 90.0 Å². The molecule has 2 nitrogen and oxygen atoms in total. The van der Waals surface area contributed by atoms with Gasteiger partial charge in [-0.1, -0.05) is 18.5 Å². The molecule has 0 aliphatic carbocycles. The van der Waals surface area contributed by atoms with Crippen LogP contribution in [0.2, 0.25) is 5.02 Å². The Hall–Kier alpha value is -0.890. The Bertz CT molecular complexity index is 323. The fourth-order valence-electron chi connectivity index (χ4n) is 0.966. The highest BCUT2D eigenvalue weighted by Gasteiger charge is 2.18. The van der Waals surface area contributed by atoms with Gasteiger partial charge >= 0.3 is 0 Å². The lowest BCUT2D eigenvalue weighted by Crippen LogP contribution is -2.27. The number of halogens is 1. The van der Waals surface area contributed by atoms with E-state index in [1.165, 1.54) is 0 Å². The summed E-state index contributed by atoms with van der Waals surface area (Å²) in [6, 6.07) is 5.25. The average molecular weight is 214 g/mol. The van der Waals surface area contributed by atoms with Crippen molar-refractivity contribution in [3.8, 4) is 5.75 Å². The molecule has 0 radical (unpaired) electrons. The lowest BCUT2D eigenvalue weighted by Gasteiger charge is -2.25. The molecule has 78 valence electrons. The van der Waals surface area contributed by atoms with Crippen molar-refractivity contribution in [1.82, 2.24) is 0 Å². The molecule has 0 heterocycles. The second kappa shape index (κ2) is 4.09. The zero-order valence-corrected chi connectivity index (χ0v) is 9.56. The van der Waals surface area contributed by atoms with Gasteiger partial charge in [-0.05, 0) is 32.4 Å². The van der Waals surface area contributed by atoms with Crippen LogP contribution in [0.1, 0.15) is 27.2 Å². The molecule has 0 saturated heterocycles. The number of rotatable bonds is 3. The molecule has 2 N–H and O–H groups in total. The fraction of sp³-hybridized carbons (Fsp3) is 0.455. The molecule has 0 fully saturated rings. The van der Waals surface area contributed by atoms with Gasteiger partial charge in [0.15, 0.2) is 0 Å². The smallest absolute Gasteiger partial charge is 0.144 e. The highest BCUT2D eigenvalue weighted by atomic mass is 35.5. The zero-order valence-electron chi connectivity index (χ0n) is 8.80. The first-order valence-electron chi connectivity index (χ1n) is 4.68. The van der Waals surface area contributed by atoms with Gasteiger partial charge in [-0.3, -0.25) is 0 Å². The van der Waals surface area contributed by atoms with Crippen LogP contribution in [0.4, 0.5) is 5.69 Å². The molecule has 3 heteroatoms. The van der Waals surface area contributed by atoms with Crippen LogP contribution in [0, 0.1) is 0 Å². The maximum atomic E-state index is 5.85. The fourth-order valence-corrected chi connectivity index (χ4v) is 1.13. The predicted octanol–water partition coefficient (Wildman–Crippen LogP) is 3.49. The van der Waals surface area contributed by atoms with Crippen molar-refractivity contribution in [1.29, 1.82) is 0 Å². The van der Waals surface area contributed by atoms with Gasteiger partial charge < -0.3 is 10.5 Å². The number of nitrogen functional groups attached to an aromatic ring is 1. The number of ether oxygens (including phenoxy) is 1. The van der Waals surface area contributed by atoms with Crippen LogP contribution in [0.15, 0.2) is 18.2 Å². The van der Waals surface area contributed by atoms with E-state index in [1.54, 1.807) is 18.2 Å². The minimum absolute atomic E-state index is 0.210. The van der Waals surface area contributed by atoms with E-state index < -0.39 is 0 Å². The van der Waals surface area contributed by atoms with Gasteiger partial charge in [-0.25, -0.2) is 0 Å². The molecule has 0 aliphatic heterocycles. The van der Waals surface area contributed by atoms with Gasteiger partial charge in [-0.2, -0.15) is 0 Å². The number of hydrogen-bond acceptors (Lipinski definition) is 2. The van der Waals surface area contributed by atoms with Gasteiger partial charge in [0.1, 0.15) is 11.4 Å². The summed E-state index contributed by atoms with van der Waals surface area (Å²) < 4.78 is 5.75. The van der Waals surface area contributed by atoms with Gasteiger partial charge in [0.2, 0.25) is 0 Å². The van der Waals surface area contributed by atoms with Crippen molar-refractivity contribution in [2.45, 2.75) is 32.8 Å². The quantitative estimate of drug-likeness (QED) is 0.781. The normalized spacial score (nSPS) is 11.4. The van der Waals surface area contributed by atoms with Crippen LogP contribution < -0.4 is 10.5 Å². The van der Waals surface area contributed by atoms with Gasteiger partial charge in [-0.15, -0.1) is 0 Å². The molecule has 0 aromatic heterocycles. The predicted molar refractivity (Wildman–Crippen MR) is 60.9 cm³/mol. The number of nitrogens with two attached hydrogens (primary N) is 1. The van der Waals surface area contributed by atoms with Crippen LogP contribution in [0.5, 0.6) is 5.75 Å². The zero-order chi connectivity index (χ0) is 10.8. The van der Waals surface area contributed by atoms with Crippen molar-refractivity contribution < 1.29 is 4.74 Å². The lowest BCUT2D eigenvalue weighted by atomic mass is 10.1. The van der Waals surface area contributed by atoms with E-state index in [2.05, 4.69) is 6.92 Å². The monoisotopic (exact) mass is 213 g/mol. The lowest BCUT2D eigenvalue weighted by molar-refractivity contribution is 0.106. The van der Waals surface area contributed by atoms with Crippen molar-refractivity contribution in [2.75, 3.05) is 5.73 Å². The Morgan fingerprint density at radius 1 is 1.43 bits per heavy atom. The topological polar surface area (TPSA) is 35.2 Å². The van der Waals surface area contributed by atoms with Crippen LogP contribution in [0.25, 0.3) is 0 Å². The standard InChI is InChI=1S/C11H16ClNO/c1-4-11(2,3)14-10-7-8(12)5-6-9(10)13/h5-7H,4,13H2,1-3H3. The second-order valence-corrected chi connectivity index (χ2v) is 4.33. The molecule has 1 aromatic carbocycles. The Balaban J connectivity index is 2.91. The molecule has 0 unspecified atom stereocenters. The summed E-state index contributed by atoms with van der Waals surface area (Å²) in [6.07, 6.45) is 0.916. The molecule has 1 rings (SSSR count). The summed E-state index contributed by atoms with van der Waals surface area (Å²) in [4.78, 5) is 0. The van der Waals surface area contributed by atoms with E-state index in [0.29, 0.717) is 16.5 Å². The average Bonchev–Trinajstić information content (AvgIpc) is 2.11. The van der Waals surface area contributed by atoms with Crippen molar-refractivity contribution in [3.05, 3.63) is 23.2 Å². The second-order valence-electron chi connectivity index (χ2n) is 3.90. The minimum atomic E-state index is -0.210. The third-order valence-electron chi connectivity index (χ3n) is 2.21. The largest absolute Gasteiger partial charge is 0.486 e. The van der Waals surface area contributed by atoms with Gasteiger partial charge in [0, 0.05) is 11.1 Å². The molecular weight excluding hydrogens is 198 g/mol. The number of hydrogen-bond donors (Lipinski definition) is 1. The van der Waals surface area contributed by atoms with E-state index in [-0.39, 0.29) is 5.60 Å². The van der Waals surface area contributed by atoms with Crippen LogP contribution >= 0.6 is 11.6 Å². The highest BCUT2D eigenvalue weighted by Crippen LogP contribution is 2.29. The first kappa shape index (κ1) is 11.2. The maximum Gasteiger partial charge on any atom is 0.144 e. The van der Waals surface area contributed by atoms with Crippen molar-refractivity contribution in [2.24, 2.45) is 0 Å². The first-order chi connectivity index (χ1) is 6.44. The summed E-state index contributed by atoms with van der Waals surface area (Å²) >= 11 is 5.85. The maximum absolute atomic E-state index is 5.85. The van der Waals surface area contributed by atoms with E-state index in [4.69, 9.17) is 22.1 Å². The SMILES string of the molecule is CCC(C)(C)Oc1cc(Cl)ccc1N. The van der Waals surface area contributed by atoms with Gasteiger partial charge in [0.05, 0.1) is 5.69 Å². The third kappa shape index (κ3) is 2.81. The molecule has 14 heavy (non-hydrogen) atoms. The van der Waals surface area contributed by atoms with Crippen LogP contribution in [-0.4, -0.2) is 5.60 Å². The molecule has 1 aromatic rings. The summed E-state index contributed by atoms with van der Waals surface area (Å²) in [7, 11) is 0. The van der Waals surface area contributed by atoms with Crippen molar-refractivity contribution in [3.63, 3.8) is 0 Å². The van der Waals surface area contributed by atoms with Crippen LogP contribution in [0.3, 0.4) is 0 Å². The molecule has 0 aliphatic rings. The van der Waals surface area contributed by atoms with E-state index in [1.807, 2.05) is 13.8 Å². The van der Waals surface area contributed by atoms with Gasteiger partial charge in [0.25, 0.3) is 0 Å². The molecule has 0 amide bonds. The van der Waals surface area contributed by atoms with Crippen molar-refractivity contribution >= 4 is 17.3 Å². The minimum Gasteiger partial charge on any atom is -0.486 e. The Morgan fingerprint density at radius 3 is 2.64 bits per heavy atom. The molecular formula is C11H16ClNO. The summed E-state index contributed by atoms with van der Waals surface area (Å²) in [6.45, 7) is 6.11. The molecule has 0 saturated carbocycles. The summed E-state index contributed by atoms with van der Waals surface area (Å²) in [5.74, 6) is 0.657. The van der Waals surface area contributed by atoms with E-state index >= 15 is 0 Å². The number of benzene rings is 1. The molecule has 0 bridgehead atoms. The highest BCUT2D eigenvalue weighted by molar-refractivity contribution is 6.30. The van der Waals surface area contributed by atoms with Crippen LogP contribution in [-0.2, 0) is 0 Å². The molecule has 0 atom stereocenters. The Kier molecular flexibility index (Phi) is 3.27. The first-order valence-corrected chi connectivity index (χ1v) is 5.06. The van der Waals surface area contributed by atoms with E-state index in [9.17, 15) is 0 Å². The number of anilines is 1.